The molecule has 48 heavy (non-hydrogen) atoms. The van der Waals surface area contributed by atoms with E-state index in [2.05, 4.69) is 0 Å². The average molecular weight is 701 g/mol. The number of rotatable bonds is 22. The fraction of sp³-hybridized carbons (Fsp3) is 0.389. The summed E-state index contributed by atoms with van der Waals surface area (Å²) < 4.78 is 83.6. The van der Waals surface area contributed by atoms with Gasteiger partial charge in [0.05, 0.1) is 74.2 Å². The maximum atomic E-state index is 12.4. The van der Waals surface area contributed by atoms with Crippen molar-refractivity contribution in [1.82, 2.24) is 0 Å². The highest BCUT2D eigenvalue weighted by Gasteiger charge is 2.15. The molecule has 0 fully saturated rings. The van der Waals surface area contributed by atoms with Crippen LogP contribution in [0.2, 0.25) is 0 Å². The van der Waals surface area contributed by atoms with Gasteiger partial charge in [-0.1, -0.05) is 59.7 Å². The second-order valence-corrected chi connectivity index (χ2v) is 15.2. The zero-order chi connectivity index (χ0) is 34.2. The predicted octanol–water partition coefficient (Wildman–Crippen LogP) is 5.23. The smallest absolute Gasteiger partial charge is 0.180 e. The quantitative estimate of drug-likeness (QED) is 0.101. The molecule has 0 amide bonds. The Morgan fingerprint density at radius 2 is 0.750 bits per heavy atom. The van der Waals surface area contributed by atoms with E-state index in [0.717, 1.165) is 21.9 Å². The van der Waals surface area contributed by atoms with Crippen molar-refractivity contribution < 1.29 is 45.3 Å². The Bertz CT molecular complexity index is 1640. The Hall–Kier alpha value is -3.52. The van der Waals surface area contributed by atoms with Crippen molar-refractivity contribution in [2.24, 2.45) is 0 Å². The topological polar surface area (TPSA) is 124 Å². The van der Waals surface area contributed by atoms with Gasteiger partial charge in [0.2, 0.25) is 0 Å². The van der Waals surface area contributed by atoms with Gasteiger partial charge in [-0.2, -0.15) is 0 Å². The summed E-state index contributed by atoms with van der Waals surface area (Å²) in [7, 11) is -6.75. The molecule has 0 atom stereocenters. The van der Waals surface area contributed by atoms with Crippen LogP contribution in [0, 0.1) is 13.8 Å². The van der Waals surface area contributed by atoms with Gasteiger partial charge in [0, 0.05) is 10.8 Å². The van der Waals surface area contributed by atoms with E-state index in [9.17, 15) is 16.8 Å². The van der Waals surface area contributed by atoms with Crippen LogP contribution in [0.25, 0.3) is 10.8 Å². The highest BCUT2D eigenvalue weighted by atomic mass is 32.2. The number of hydrogen-bond donors (Lipinski definition) is 0. The van der Waals surface area contributed by atoms with Crippen LogP contribution in [-0.4, -0.2) is 94.4 Å². The zero-order valence-corrected chi connectivity index (χ0v) is 29.1. The molecule has 0 aliphatic rings. The van der Waals surface area contributed by atoms with Crippen molar-refractivity contribution in [3.05, 3.63) is 96.1 Å². The highest BCUT2D eigenvalue weighted by Crippen LogP contribution is 2.32. The van der Waals surface area contributed by atoms with Gasteiger partial charge < -0.3 is 28.4 Å². The van der Waals surface area contributed by atoms with E-state index in [1.807, 2.05) is 50.2 Å². The zero-order valence-electron chi connectivity index (χ0n) is 27.5. The summed E-state index contributed by atoms with van der Waals surface area (Å²) >= 11 is 0. The van der Waals surface area contributed by atoms with Crippen molar-refractivity contribution in [2.45, 2.75) is 23.6 Å². The molecule has 12 heteroatoms. The van der Waals surface area contributed by atoms with Crippen LogP contribution in [0.4, 0.5) is 0 Å². The van der Waals surface area contributed by atoms with Gasteiger partial charge in [0.1, 0.15) is 24.7 Å². The maximum Gasteiger partial charge on any atom is 0.180 e. The van der Waals surface area contributed by atoms with Crippen molar-refractivity contribution in [2.75, 3.05) is 77.6 Å². The molecule has 4 rings (SSSR count). The van der Waals surface area contributed by atoms with Gasteiger partial charge in [-0.3, -0.25) is 0 Å². The molecule has 0 N–H and O–H groups in total. The normalized spacial score (nSPS) is 12.0. The lowest BCUT2D eigenvalue weighted by Crippen LogP contribution is -2.16. The van der Waals surface area contributed by atoms with Gasteiger partial charge >= 0.3 is 0 Å². The number of aryl methyl sites for hydroxylation is 2. The molecule has 0 unspecified atom stereocenters. The Morgan fingerprint density at radius 3 is 1.12 bits per heavy atom. The molecule has 0 saturated heterocycles. The van der Waals surface area contributed by atoms with E-state index in [-0.39, 0.29) is 37.9 Å². The molecular formula is C36H44O10S2. The minimum absolute atomic E-state index is 0.0838. The fourth-order valence-electron chi connectivity index (χ4n) is 4.63. The summed E-state index contributed by atoms with van der Waals surface area (Å²) in [4.78, 5) is 0.597. The molecule has 0 spiro atoms. The van der Waals surface area contributed by atoms with Gasteiger partial charge in [0.15, 0.2) is 19.7 Å². The van der Waals surface area contributed by atoms with Crippen LogP contribution >= 0.6 is 0 Å². The molecule has 0 saturated carbocycles. The molecular weight excluding hydrogens is 657 g/mol. The second kappa shape index (κ2) is 18.9. The first-order valence-corrected chi connectivity index (χ1v) is 19.1. The first-order chi connectivity index (χ1) is 23.2. The van der Waals surface area contributed by atoms with E-state index in [1.165, 1.54) is 0 Å². The van der Waals surface area contributed by atoms with Crippen molar-refractivity contribution in [3.63, 3.8) is 0 Å². The Balaban J connectivity index is 1.07. The molecule has 4 aromatic rings. The third kappa shape index (κ3) is 11.9. The molecule has 0 aliphatic heterocycles. The van der Waals surface area contributed by atoms with E-state index < -0.39 is 19.7 Å². The molecule has 0 aliphatic carbocycles. The van der Waals surface area contributed by atoms with E-state index in [4.69, 9.17) is 28.4 Å². The summed E-state index contributed by atoms with van der Waals surface area (Å²) in [6.45, 7) is 6.60. The molecule has 10 nitrogen and oxygen atoms in total. The summed E-state index contributed by atoms with van der Waals surface area (Å²) in [5.41, 5.74) is 2.01. The lowest BCUT2D eigenvalue weighted by Gasteiger charge is -2.13. The first-order valence-electron chi connectivity index (χ1n) is 15.8. The third-order valence-corrected chi connectivity index (χ3v) is 10.7. The second-order valence-electron chi connectivity index (χ2n) is 11.0. The van der Waals surface area contributed by atoms with Crippen LogP contribution in [0.1, 0.15) is 11.1 Å². The fourth-order valence-corrected chi connectivity index (χ4v) is 6.88. The van der Waals surface area contributed by atoms with Crippen LogP contribution < -0.4 is 9.47 Å². The molecule has 0 radical (unpaired) electrons. The molecule has 4 aromatic carbocycles. The minimum Gasteiger partial charge on any atom is -0.491 e. The number of fused-ring (bicyclic) bond motifs is 1. The van der Waals surface area contributed by atoms with Crippen LogP contribution in [-0.2, 0) is 38.6 Å². The lowest BCUT2D eigenvalue weighted by molar-refractivity contribution is 0.0410. The minimum atomic E-state index is -3.38. The first kappa shape index (κ1) is 37.3. The SMILES string of the molecule is Cc1ccc(S(=O)(=O)CCOCCOCCOc2cccc3c(OCCOCCOCCS(=O)(=O)c4ccc(C)cc4)cccc23)cc1. The lowest BCUT2D eigenvalue weighted by atomic mass is 10.1. The third-order valence-electron chi connectivity index (χ3n) is 7.31. The van der Waals surface area contributed by atoms with Crippen molar-refractivity contribution >= 4 is 30.4 Å². The summed E-state index contributed by atoms with van der Waals surface area (Å²) in [6, 6.07) is 25.1. The number of sulfone groups is 2. The number of hydrogen-bond acceptors (Lipinski definition) is 10. The average Bonchev–Trinajstić information content (AvgIpc) is 3.07. The van der Waals surface area contributed by atoms with Gasteiger partial charge in [-0.25, -0.2) is 16.8 Å². The van der Waals surface area contributed by atoms with Crippen LogP contribution in [0.5, 0.6) is 11.5 Å². The van der Waals surface area contributed by atoms with E-state index in [1.54, 1.807) is 48.5 Å². The summed E-state index contributed by atoms with van der Waals surface area (Å²) in [5, 5.41) is 1.81. The molecule has 0 bridgehead atoms. The molecule has 0 aromatic heterocycles. The predicted molar refractivity (Wildman–Crippen MR) is 185 cm³/mol. The number of ether oxygens (including phenoxy) is 6. The highest BCUT2D eigenvalue weighted by molar-refractivity contribution is 7.91. The van der Waals surface area contributed by atoms with Crippen LogP contribution in [0.3, 0.4) is 0 Å². The largest absolute Gasteiger partial charge is 0.491 e. The van der Waals surface area contributed by atoms with Crippen LogP contribution in [0.15, 0.2) is 94.7 Å². The van der Waals surface area contributed by atoms with Gasteiger partial charge in [-0.05, 0) is 50.2 Å². The standard InChI is InChI=1S/C36H44O10S2/c1-29-9-13-31(14-10-29)47(37,38)27-25-43-19-17-41-21-23-45-35-7-3-6-34-33(35)5-4-8-36(34)46-24-22-42-18-20-44-26-28-48(39,40)32-15-11-30(2)12-16-32/h3-16H,17-28H2,1-2H3. The Kier molecular flexibility index (Phi) is 14.7. The monoisotopic (exact) mass is 700 g/mol. The van der Waals surface area contributed by atoms with Gasteiger partial charge in [0.25, 0.3) is 0 Å². The molecule has 0 heterocycles. The Morgan fingerprint density at radius 1 is 0.417 bits per heavy atom. The van der Waals surface area contributed by atoms with E-state index in [0.29, 0.717) is 60.9 Å². The summed E-state index contributed by atoms with van der Waals surface area (Å²) in [5.74, 6) is 1.24. The van der Waals surface area contributed by atoms with Crippen molar-refractivity contribution in [3.8, 4) is 11.5 Å². The molecule has 260 valence electrons. The van der Waals surface area contributed by atoms with E-state index >= 15 is 0 Å². The van der Waals surface area contributed by atoms with Gasteiger partial charge in [-0.15, -0.1) is 0 Å². The maximum absolute atomic E-state index is 12.4. The van der Waals surface area contributed by atoms with Crippen molar-refractivity contribution in [1.29, 1.82) is 0 Å². The summed E-state index contributed by atoms with van der Waals surface area (Å²) in [6.07, 6.45) is 0. The Labute approximate surface area is 283 Å². The number of benzene rings is 4.